The molecule has 56 valence electrons. The molecule has 0 bridgehead atoms. The number of carbonyl (C=O) groups is 1. The number of amides is 1. The van der Waals surface area contributed by atoms with Gasteiger partial charge in [0.05, 0.1) is 12.5 Å². The van der Waals surface area contributed by atoms with E-state index in [1.807, 2.05) is 0 Å². The van der Waals surface area contributed by atoms with Crippen molar-refractivity contribution in [2.24, 2.45) is 0 Å². The molecule has 0 aromatic carbocycles. The molecule has 2 aliphatic heterocycles. The van der Waals surface area contributed by atoms with Crippen LogP contribution in [0.3, 0.4) is 0 Å². The van der Waals surface area contributed by atoms with Crippen LogP contribution in [-0.2, 0) is 9.53 Å². The smallest absolute Gasteiger partial charge is 0.229 e. The first kappa shape index (κ1) is 6.16. The van der Waals surface area contributed by atoms with Gasteiger partial charge in [0.2, 0.25) is 5.91 Å². The molecule has 2 rings (SSSR count). The van der Waals surface area contributed by atoms with E-state index in [2.05, 4.69) is 6.92 Å². The summed E-state index contributed by atoms with van der Waals surface area (Å²) >= 11 is 0. The minimum atomic E-state index is 0.122. The molecule has 2 heterocycles. The number of nitrogens with zero attached hydrogens (tertiary/aromatic N) is 1. The Bertz CT molecular complexity index is 169. The van der Waals surface area contributed by atoms with E-state index in [0.717, 1.165) is 13.0 Å². The lowest BCUT2D eigenvalue weighted by molar-refractivity contribution is -0.198. The summed E-state index contributed by atoms with van der Waals surface area (Å²) in [6.07, 6.45) is 2.05. The predicted molar refractivity (Wildman–Crippen MR) is 35.3 cm³/mol. The molecule has 0 aromatic rings. The quantitative estimate of drug-likeness (QED) is 0.456. The van der Waals surface area contributed by atoms with Crippen LogP contribution in [0.1, 0.15) is 19.8 Å². The first-order chi connectivity index (χ1) is 4.77. The Morgan fingerprint density at radius 2 is 2.50 bits per heavy atom. The molecule has 0 aliphatic carbocycles. The fourth-order valence-electron chi connectivity index (χ4n) is 1.47. The zero-order valence-corrected chi connectivity index (χ0v) is 6.04. The van der Waals surface area contributed by atoms with Gasteiger partial charge in [-0.25, -0.2) is 0 Å². The average molecular weight is 141 g/mol. The van der Waals surface area contributed by atoms with Gasteiger partial charge >= 0.3 is 0 Å². The molecule has 3 nitrogen and oxygen atoms in total. The topological polar surface area (TPSA) is 29.5 Å². The number of carbonyl (C=O) groups excluding carboxylic acids is 1. The van der Waals surface area contributed by atoms with Crippen molar-refractivity contribution in [2.75, 3.05) is 6.54 Å². The molecule has 2 saturated heterocycles. The van der Waals surface area contributed by atoms with Crippen molar-refractivity contribution in [1.82, 2.24) is 4.90 Å². The third-order valence-electron chi connectivity index (χ3n) is 2.18. The Kier molecular flexibility index (Phi) is 1.20. The monoisotopic (exact) mass is 141 g/mol. The predicted octanol–water partition coefficient (Wildman–Crippen LogP) is 0.354. The molecule has 1 amide bonds. The van der Waals surface area contributed by atoms with E-state index in [0.29, 0.717) is 12.5 Å². The van der Waals surface area contributed by atoms with Crippen LogP contribution >= 0.6 is 0 Å². The minimum absolute atomic E-state index is 0.122. The summed E-state index contributed by atoms with van der Waals surface area (Å²) in [5.41, 5.74) is 0. The van der Waals surface area contributed by atoms with Gasteiger partial charge in [0.1, 0.15) is 6.23 Å². The van der Waals surface area contributed by atoms with Crippen molar-refractivity contribution in [2.45, 2.75) is 32.1 Å². The Hall–Kier alpha value is -0.570. The maximum Gasteiger partial charge on any atom is 0.229 e. The van der Waals surface area contributed by atoms with Crippen LogP contribution in [0.15, 0.2) is 0 Å². The van der Waals surface area contributed by atoms with Gasteiger partial charge in [0.25, 0.3) is 0 Å². The van der Waals surface area contributed by atoms with Crippen LogP contribution in [-0.4, -0.2) is 29.7 Å². The first-order valence-corrected chi connectivity index (χ1v) is 3.72. The molecular formula is C7H11NO2. The van der Waals surface area contributed by atoms with Crippen molar-refractivity contribution in [3.05, 3.63) is 0 Å². The number of ether oxygens (including phenoxy) is 1. The third-order valence-corrected chi connectivity index (χ3v) is 2.18. The number of rotatable bonds is 0. The van der Waals surface area contributed by atoms with Gasteiger partial charge in [-0.2, -0.15) is 0 Å². The molecule has 0 spiro atoms. The first-order valence-electron chi connectivity index (χ1n) is 3.72. The van der Waals surface area contributed by atoms with E-state index in [1.165, 1.54) is 0 Å². The lowest BCUT2D eigenvalue weighted by Gasteiger charge is -2.45. The zero-order valence-electron chi connectivity index (χ0n) is 6.04. The maximum absolute atomic E-state index is 10.8. The van der Waals surface area contributed by atoms with E-state index >= 15 is 0 Å². The van der Waals surface area contributed by atoms with Crippen LogP contribution in [0.25, 0.3) is 0 Å². The van der Waals surface area contributed by atoms with Crippen LogP contribution in [0.4, 0.5) is 0 Å². The molecule has 2 aliphatic rings. The molecule has 0 aromatic heterocycles. The van der Waals surface area contributed by atoms with Gasteiger partial charge < -0.3 is 9.64 Å². The van der Waals surface area contributed by atoms with Gasteiger partial charge in [-0.3, -0.25) is 4.79 Å². The molecule has 1 unspecified atom stereocenters. The van der Waals surface area contributed by atoms with Gasteiger partial charge in [0.15, 0.2) is 0 Å². The second-order valence-corrected chi connectivity index (χ2v) is 2.98. The average Bonchev–Trinajstić information content (AvgIpc) is 1.86. The highest BCUT2D eigenvalue weighted by Gasteiger charge is 2.40. The number of fused-ring (bicyclic) bond motifs is 1. The van der Waals surface area contributed by atoms with E-state index in [1.54, 1.807) is 4.90 Å². The van der Waals surface area contributed by atoms with Crippen LogP contribution in [0.2, 0.25) is 0 Å². The van der Waals surface area contributed by atoms with Crippen LogP contribution in [0, 0.1) is 0 Å². The van der Waals surface area contributed by atoms with Crippen molar-refractivity contribution < 1.29 is 9.53 Å². The Morgan fingerprint density at radius 1 is 1.70 bits per heavy atom. The van der Waals surface area contributed by atoms with E-state index in [-0.39, 0.29) is 12.1 Å². The van der Waals surface area contributed by atoms with Crippen LogP contribution < -0.4 is 0 Å². The highest BCUT2D eigenvalue weighted by molar-refractivity contribution is 5.82. The summed E-state index contributed by atoms with van der Waals surface area (Å²) in [6.45, 7) is 2.95. The lowest BCUT2D eigenvalue weighted by atomic mass is 10.1. The molecule has 0 radical (unpaired) electrons. The molecule has 10 heavy (non-hydrogen) atoms. The van der Waals surface area contributed by atoms with Crippen molar-refractivity contribution in [1.29, 1.82) is 0 Å². The third kappa shape index (κ3) is 0.736. The van der Waals surface area contributed by atoms with Gasteiger partial charge in [0, 0.05) is 6.54 Å². The van der Waals surface area contributed by atoms with Crippen molar-refractivity contribution >= 4 is 5.91 Å². The molecule has 2 atom stereocenters. The molecule has 0 saturated carbocycles. The fourth-order valence-corrected chi connectivity index (χ4v) is 1.47. The summed E-state index contributed by atoms with van der Waals surface area (Å²) in [6, 6.07) is 0. The summed E-state index contributed by atoms with van der Waals surface area (Å²) in [4.78, 5) is 12.6. The summed E-state index contributed by atoms with van der Waals surface area (Å²) in [5.74, 6) is 0.247. The van der Waals surface area contributed by atoms with Crippen molar-refractivity contribution in [3.63, 3.8) is 0 Å². The number of hydrogen-bond donors (Lipinski definition) is 0. The summed E-state index contributed by atoms with van der Waals surface area (Å²) in [7, 11) is 0. The maximum atomic E-state index is 10.8. The second kappa shape index (κ2) is 1.95. The minimum Gasteiger partial charge on any atom is -0.355 e. The zero-order chi connectivity index (χ0) is 7.14. The Labute approximate surface area is 60.0 Å². The molecule has 3 heteroatoms. The molecular weight excluding hydrogens is 130 g/mol. The Morgan fingerprint density at radius 3 is 3.10 bits per heavy atom. The summed E-state index contributed by atoms with van der Waals surface area (Å²) in [5, 5.41) is 0. The van der Waals surface area contributed by atoms with Crippen molar-refractivity contribution in [3.8, 4) is 0 Å². The SMILES string of the molecule is CC1CCN2C(=O)C[C@H]2O1. The molecule has 0 N–H and O–H groups in total. The largest absolute Gasteiger partial charge is 0.355 e. The standard InChI is InChI=1S/C7H11NO2/c1-5-2-3-8-6(9)4-7(8)10-5/h5,7H,2-4H2,1H3/t5?,7-/m1/s1. The van der Waals surface area contributed by atoms with E-state index in [4.69, 9.17) is 4.74 Å². The fraction of sp³-hybridized carbons (Fsp3) is 0.857. The van der Waals surface area contributed by atoms with Crippen LogP contribution in [0.5, 0.6) is 0 Å². The lowest BCUT2D eigenvalue weighted by Crippen LogP contribution is -2.58. The molecule has 2 fully saturated rings. The number of β-lactam (4-membered cyclic amide) rings is 1. The highest BCUT2D eigenvalue weighted by atomic mass is 16.5. The second-order valence-electron chi connectivity index (χ2n) is 2.98. The normalized spacial score (nSPS) is 38.9. The summed E-state index contributed by atoms with van der Waals surface area (Å²) < 4.78 is 5.46. The van der Waals surface area contributed by atoms with E-state index in [9.17, 15) is 4.79 Å². The highest BCUT2D eigenvalue weighted by Crippen LogP contribution is 2.26. The number of hydrogen-bond acceptors (Lipinski definition) is 2. The van der Waals surface area contributed by atoms with Gasteiger partial charge in [-0.1, -0.05) is 0 Å². The van der Waals surface area contributed by atoms with Gasteiger partial charge in [-0.15, -0.1) is 0 Å². The van der Waals surface area contributed by atoms with E-state index < -0.39 is 0 Å². The Balaban J connectivity index is 1.99. The van der Waals surface area contributed by atoms with Gasteiger partial charge in [-0.05, 0) is 13.3 Å².